The number of thioether (sulfide) groups is 1. The molecule has 5 nitrogen and oxygen atoms in total. The highest BCUT2D eigenvalue weighted by molar-refractivity contribution is 7.99. The first-order chi connectivity index (χ1) is 9.08. The Labute approximate surface area is 117 Å². The van der Waals surface area contributed by atoms with Gasteiger partial charge in [-0.25, -0.2) is 4.98 Å². The minimum Gasteiger partial charge on any atom is -0.466 e. The molecular weight excluding hydrogens is 264 g/mol. The van der Waals surface area contributed by atoms with Gasteiger partial charge in [-0.05, 0) is 19.8 Å². The summed E-state index contributed by atoms with van der Waals surface area (Å²) in [4.78, 5) is 27.3. The second-order valence-corrected chi connectivity index (χ2v) is 5.10. The summed E-state index contributed by atoms with van der Waals surface area (Å²) < 4.78 is 6.39. The lowest BCUT2D eigenvalue weighted by molar-refractivity contribution is -0.143. The van der Waals surface area contributed by atoms with E-state index < -0.39 is 0 Å². The predicted molar refractivity (Wildman–Crippen MR) is 75.4 cm³/mol. The maximum atomic E-state index is 11.7. The van der Waals surface area contributed by atoms with E-state index >= 15 is 0 Å². The summed E-state index contributed by atoms with van der Waals surface area (Å²) in [7, 11) is 1.71. The Morgan fingerprint density at radius 1 is 1.47 bits per heavy atom. The van der Waals surface area contributed by atoms with Crippen molar-refractivity contribution in [3.05, 3.63) is 22.1 Å². The number of carbonyl (C=O) groups is 1. The number of hydrogen-bond acceptors (Lipinski definition) is 5. The van der Waals surface area contributed by atoms with Crippen LogP contribution in [0.4, 0.5) is 0 Å². The van der Waals surface area contributed by atoms with Crippen molar-refractivity contribution in [3.8, 4) is 0 Å². The van der Waals surface area contributed by atoms with Gasteiger partial charge in [-0.15, -0.1) is 0 Å². The van der Waals surface area contributed by atoms with Crippen LogP contribution in [0.2, 0.25) is 0 Å². The topological polar surface area (TPSA) is 61.2 Å². The van der Waals surface area contributed by atoms with Crippen LogP contribution in [0.3, 0.4) is 0 Å². The Morgan fingerprint density at radius 2 is 2.21 bits per heavy atom. The van der Waals surface area contributed by atoms with E-state index in [4.69, 9.17) is 4.74 Å². The van der Waals surface area contributed by atoms with Gasteiger partial charge in [-0.3, -0.25) is 14.2 Å². The second-order valence-electron chi connectivity index (χ2n) is 4.04. The minimum absolute atomic E-state index is 0.0419. The van der Waals surface area contributed by atoms with Crippen molar-refractivity contribution in [1.82, 2.24) is 9.55 Å². The van der Waals surface area contributed by atoms with Crippen molar-refractivity contribution in [2.45, 2.75) is 38.3 Å². The fourth-order valence-electron chi connectivity index (χ4n) is 1.49. The van der Waals surface area contributed by atoms with E-state index in [0.717, 1.165) is 24.3 Å². The monoisotopic (exact) mass is 284 g/mol. The van der Waals surface area contributed by atoms with Gasteiger partial charge in [0.05, 0.1) is 6.61 Å². The third-order valence-corrected chi connectivity index (χ3v) is 3.69. The van der Waals surface area contributed by atoms with E-state index in [0.29, 0.717) is 18.2 Å². The largest absolute Gasteiger partial charge is 0.466 e. The number of esters is 1. The van der Waals surface area contributed by atoms with Crippen LogP contribution in [0, 0.1) is 0 Å². The van der Waals surface area contributed by atoms with Gasteiger partial charge in [-0.2, -0.15) is 0 Å². The summed E-state index contributed by atoms with van der Waals surface area (Å²) in [6.45, 7) is 4.18. The summed E-state index contributed by atoms with van der Waals surface area (Å²) >= 11 is 1.49. The molecule has 1 rings (SSSR count). The summed E-state index contributed by atoms with van der Waals surface area (Å²) in [5.74, 6) is 0.568. The molecule has 19 heavy (non-hydrogen) atoms. The molecule has 6 heteroatoms. The van der Waals surface area contributed by atoms with Gasteiger partial charge in [0, 0.05) is 31.0 Å². The van der Waals surface area contributed by atoms with Crippen molar-refractivity contribution in [2.75, 3.05) is 12.4 Å². The highest BCUT2D eigenvalue weighted by Crippen LogP contribution is 2.15. The molecule has 0 spiro atoms. The smallest absolute Gasteiger partial charge is 0.305 e. The van der Waals surface area contributed by atoms with Crippen molar-refractivity contribution >= 4 is 17.7 Å². The van der Waals surface area contributed by atoms with E-state index in [1.807, 2.05) is 6.92 Å². The first-order valence-electron chi connectivity index (χ1n) is 6.43. The third kappa shape index (κ3) is 5.06. The lowest BCUT2D eigenvalue weighted by atomic mass is 10.3. The van der Waals surface area contributed by atoms with Crippen LogP contribution in [0.5, 0.6) is 0 Å². The Hall–Kier alpha value is -1.30. The number of aryl methyl sites for hydroxylation is 1. The summed E-state index contributed by atoms with van der Waals surface area (Å²) in [5.41, 5.74) is 0.760. The number of nitrogens with zero attached hydrogens (tertiary/aromatic N) is 2. The fraction of sp³-hybridized carbons (Fsp3) is 0.615. The van der Waals surface area contributed by atoms with E-state index in [2.05, 4.69) is 4.98 Å². The number of hydrogen-bond donors (Lipinski definition) is 0. The number of carbonyl (C=O) groups excluding carboxylic acids is 1. The van der Waals surface area contributed by atoms with Crippen molar-refractivity contribution < 1.29 is 9.53 Å². The second kappa shape index (κ2) is 7.99. The number of rotatable bonds is 7. The molecule has 0 unspecified atom stereocenters. The molecule has 1 aromatic heterocycles. The van der Waals surface area contributed by atoms with Crippen molar-refractivity contribution in [2.24, 2.45) is 7.05 Å². The van der Waals surface area contributed by atoms with Gasteiger partial charge in [0.2, 0.25) is 0 Å². The van der Waals surface area contributed by atoms with Gasteiger partial charge >= 0.3 is 5.97 Å². The van der Waals surface area contributed by atoms with Crippen molar-refractivity contribution in [1.29, 1.82) is 0 Å². The molecule has 0 N–H and O–H groups in total. The maximum Gasteiger partial charge on any atom is 0.305 e. The number of aromatic nitrogens is 2. The first kappa shape index (κ1) is 15.8. The molecule has 0 radical (unpaired) electrons. The molecule has 0 aliphatic heterocycles. The van der Waals surface area contributed by atoms with Crippen LogP contribution >= 0.6 is 11.8 Å². The molecule has 0 fully saturated rings. The molecular formula is C13H20N2O3S. The SMILES string of the molecule is CCOC(=O)CCCSc1nc(CC)cc(=O)n1C. The normalized spacial score (nSPS) is 10.5. The van der Waals surface area contributed by atoms with Crippen LogP contribution < -0.4 is 5.56 Å². The van der Waals surface area contributed by atoms with E-state index in [9.17, 15) is 9.59 Å². The van der Waals surface area contributed by atoms with E-state index in [1.54, 1.807) is 20.0 Å². The summed E-state index contributed by atoms with van der Waals surface area (Å²) in [5, 5.41) is 0.702. The molecule has 1 aromatic rings. The zero-order valence-corrected chi connectivity index (χ0v) is 12.5. The predicted octanol–water partition coefficient (Wildman–Crippen LogP) is 1.78. The van der Waals surface area contributed by atoms with Crippen LogP contribution in [-0.2, 0) is 23.0 Å². The Kier molecular flexibility index (Phi) is 6.62. The summed E-state index contributed by atoms with van der Waals surface area (Å²) in [6.07, 6.45) is 1.87. The minimum atomic E-state index is -0.174. The van der Waals surface area contributed by atoms with Gasteiger partial charge in [0.1, 0.15) is 0 Å². The standard InChI is InChI=1S/C13H20N2O3S/c1-4-10-9-11(16)15(3)13(14-10)19-8-6-7-12(17)18-5-2/h9H,4-8H2,1-3H3. The highest BCUT2D eigenvalue weighted by Gasteiger charge is 2.06. The lowest BCUT2D eigenvalue weighted by Gasteiger charge is -2.08. The van der Waals surface area contributed by atoms with Crippen LogP contribution in [0.25, 0.3) is 0 Å². The Balaban J connectivity index is 2.51. The zero-order valence-electron chi connectivity index (χ0n) is 11.6. The Morgan fingerprint density at radius 3 is 2.84 bits per heavy atom. The quantitative estimate of drug-likeness (QED) is 0.330. The molecule has 0 aromatic carbocycles. The molecule has 0 saturated carbocycles. The molecule has 0 atom stereocenters. The van der Waals surface area contributed by atoms with E-state index in [1.165, 1.54) is 16.3 Å². The molecule has 1 heterocycles. The van der Waals surface area contributed by atoms with E-state index in [-0.39, 0.29) is 11.5 Å². The van der Waals surface area contributed by atoms with Gasteiger partial charge in [0.15, 0.2) is 5.16 Å². The van der Waals surface area contributed by atoms with Crippen LogP contribution in [0.1, 0.15) is 32.4 Å². The van der Waals surface area contributed by atoms with Crippen LogP contribution in [-0.4, -0.2) is 27.9 Å². The first-order valence-corrected chi connectivity index (χ1v) is 7.42. The van der Waals surface area contributed by atoms with Crippen LogP contribution in [0.15, 0.2) is 16.0 Å². The zero-order chi connectivity index (χ0) is 14.3. The molecule has 0 bridgehead atoms. The molecule has 0 amide bonds. The molecule has 106 valence electrons. The van der Waals surface area contributed by atoms with Gasteiger partial charge < -0.3 is 4.74 Å². The third-order valence-electron chi connectivity index (χ3n) is 2.57. The highest BCUT2D eigenvalue weighted by atomic mass is 32.2. The number of ether oxygens (including phenoxy) is 1. The lowest BCUT2D eigenvalue weighted by Crippen LogP contribution is -2.20. The average Bonchev–Trinajstić information content (AvgIpc) is 2.39. The van der Waals surface area contributed by atoms with Gasteiger partial charge in [0.25, 0.3) is 5.56 Å². The average molecular weight is 284 g/mol. The maximum absolute atomic E-state index is 11.7. The Bertz CT molecular complexity index is 485. The van der Waals surface area contributed by atoms with Gasteiger partial charge in [-0.1, -0.05) is 18.7 Å². The molecule has 0 aliphatic carbocycles. The fourth-order valence-corrected chi connectivity index (χ4v) is 2.42. The van der Waals surface area contributed by atoms with Crippen molar-refractivity contribution in [3.63, 3.8) is 0 Å². The molecule has 0 aliphatic rings. The molecule has 0 saturated heterocycles. The summed E-state index contributed by atoms with van der Waals surface area (Å²) in [6, 6.07) is 1.56.